The first-order valence-corrected chi connectivity index (χ1v) is 10.3. The van der Waals surface area contributed by atoms with Gasteiger partial charge in [0, 0.05) is 5.56 Å². The van der Waals surface area contributed by atoms with Crippen LogP contribution in [0.4, 0.5) is 9.52 Å². The molecule has 1 fully saturated rings. The Kier molecular flexibility index (Phi) is 5.62. The number of halogens is 1. The maximum atomic E-state index is 13.4. The number of ether oxygens (including phenoxy) is 2. The Morgan fingerprint density at radius 1 is 1.06 bits per heavy atom. The second kappa shape index (κ2) is 8.39. The van der Waals surface area contributed by atoms with Crippen molar-refractivity contribution in [3.63, 3.8) is 0 Å². The molecule has 164 valence electrons. The summed E-state index contributed by atoms with van der Waals surface area (Å²) in [7, 11) is 2.95. The number of hydrogen-bond acceptors (Lipinski definition) is 8. The SMILES string of the molecule is COc1ccc([C@H]2C(=C(O)c3ccc(F)cc3)C(=O)C(=O)N2c2nnc(C)s2)cc1OC. The van der Waals surface area contributed by atoms with Crippen LogP contribution in [0.5, 0.6) is 11.5 Å². The quantitative estimate of drug-likeness (QED) is 0.356. The molecule has 0 radical (unpaired) electrons. The maximum absolute atomic E-state index is 13.4. The number of hydrogen-bond donors (Lipinski definition) is 1. The van der Waals surface area contributed by atoms with Crippen molar-refractivity contribution in [2.24, 2.45) is 0 Å². The highest BCUT2D eigenvalue weighted by Gasteiger charge is 2.48. The van der Waals surface area contributed by atoms with Crippen LogP contribution in [-0.4, -0.2) is 41.2 Å². The van der Waals surface area contributed by atoms with Gasteiger partial charge in [0.2, 0.25) is 5.13 Å². The van der Waals surface area contributed by atoms with Gasteiger partial charge in [-0.2, -0.15) is 0 Å². The number of benzene rings is 2. The summed E-state index contributed by atoms with van der Waals surface area (Å²) in [6.07, 6.45) is 0. The lowest BCUT2D eigenvalue weighted by molar-refractivity contribution is -0.132. The predicted octanol–water partition coefficient (Wildman–Crippen LogP) is 3.63. The first kappa shape index (κ1) is 21.4. The van der Waals surface area contributed by atoms with E-state index in [1.807, 2.05) is 0 Å². The number of nitrogens with zero attached hydrogens (tertiary/aromatic N) is 3. The molecular weight excluding hydrogens is 437 g/mol. The molecule has 1 aliphatic rings. The first-order valence-electron chi connectivity index (χ1n) is 9.44. The average Bonchev–Trinajstić information content (AvgIpc) is 3.34. The highest BCUT2D eigenvalue weighted by molar-refractivity contribution is 7.15. The summed E-state index contributed by atoms with van der Waals surface area (Å²) in [6.45, 7) is 1.72. The van der Waals surface area contributed by atoms with Crippen LogP contribution in [0.2, 0.25) is 0 Å². The molecule has 32 heavy (non-hydrogen) atoms. The number of aryl methyl sites for hydroxylation is 1. The van der Waals surface area contributed by atoms with Crippen LogP contribution < -0.4 is 14.4 Å². The standard InChI is InChI=1S/C22H18FN3O5S/c1-11-24-25-22(32-11)26-18(13-6-9-15(30-2)16(10-13)31-3)17(20(28)21(26)29)19(27)12-4-7-14(23)8-5-12/h4-10,18,27H,1-3H3/t18-/m0/s1. The molecule has 0 saturated carbocycles. The van der Waals surface area contributed by atoms with Crippen LogP contribution in [0, 0.1) is 12.7 Å². The smallest absolute Gasteiger partial charge is 0.301 e. The molecule has 1 aliphatic heterocycles. The number of carbonyl (C=O) groups excluding carboxylic acids is 2. The van der Waals surface area contributed by atoms with Crippen molar-refractivity contribution in [2.45, 2.75) is 13.0 Å². The molecule has 8 nitrogen and oxygen atoms in total. The van der Waals surface area contributed by atoms with Crippen LogP contribution in [0.3, 0.4) is 0 Å². The van der Waals surface area contributed by atoms with Crippen molar-refractivity contribution in [3.05, 3.63) is 70.0 Å². The number of anilines is 1. The van der Waals surface area contributed by atoms with Crippen LogP contribution in [0.25, 0.3) is 5.76 Å². The summed E-state index contributed by atoms with van der Waals surface area (Å²) >= 11 is 1.14. The zero-order valence-electron chi connectivity index (χ0n) is 17.3. The van der Waals surface area contributed by atoms with Crippen molar-refractivity contribution in [3.8, 4) is 11.5 Å². The molecule has 0 spiro atoms. The van der Waals surface area contributed by atoms with Gasteiger partial charge in [-0.15, -0.1) is 10.2 Å². The van der Waals surface area contributed by atoms with Crippen LogP contribution in [0.15, 0.2) is 48.0 Å². The molecule has 1 amide bonds. The fourth-order valence-corrected chi connectivity index (χ4v) is 4.23. The van der Waals surface area contributed by atoms with Gasteiger partial charge in [-0.1, -0.05) is 17.4 Å². The summed E-state index contributed by atoms with van der Waals surface area (Å²) in [5.74, 6) is -1.83. The predicted molar refractivity (Wildman–Crippen MR) is 115 cm³/mol. The molecule has 1 aromatic heterocycles. The van der Waals surface area contributed by atoms with Gasteiger partial charge in [0.25, 0.3) is 5.78 Å². The summed E-state index contributed by atoms with van der Waals surface area (Å²) < 4.78 is 24.0. The molecular formula is C22H18FN3O5S. The molecule has 1 saturated heterocycles. The molecule has 0 unspecified atom stereocenters. The van der Waals surface area contributed by atoms with E-state index in [4.69, 9.17) is 9.47 Å². The third-order valence-electron chi connectivity index (χ3n) is 5.01. The number of aliphatic hydroxyl groups is 1. The van der Waals surface area contributed by atoms with Crippen molar-refractivity contribution in [1.82, 2.24) is 10.2 Å². The van der Waals surface area contributed by atoms with Gasteiger partial charge < -0.3 is 14.6 Å². The van der Waals surface area contributed by atoms with E-state index in [1.165, 1.54) is 31.3 Å². The molecule has 1 atom stereocenters. The number of rotatable bonds is 5. The van der Waals surface area contributed by atoms with Gasteiger partial charge in [0.1, 0.15) is 16.6 Å². The lowest BCUT2D eigenvalue weighted by Gasteiger charge is -2.23. The minimum Gasteiger partial charge on any atom is -0.507 e. The number of carbonyl (C=O) groups is 2. The number of aliphatic hydroxyl groups excluding tert-OH is 1. The highest BCUT2D eigenvalue weighted by Crippen LogP contribution is 2.44. The summed E-state index contributed by atoms with van der Waals surface area (Å²) in [4.78, 5) is 27.3. The van der Waals surface area contributed by atoms with Gasteiger partial charge in [0.15, 0.2) is 11.5 Å². The molecule has 0 bridgehead atoms. The van der Waals surface area contributed by atoms with E-state index in [9.17, 15) is 19.1 Å². The Balaban J connectivity index is 1.95. The second-order valence-corrected chi connectivity index (χ2v) is 8.05. The molecule has 0 aliphatic carbocycles. The van der Waals surface area contributed by atoms with E-state index in [0.717, 1.165) is 23.5 Å². The second-order valence-electron chi connectivity index (χ2n) is 6.89. The lowest BCUT2D eigenvalue weighted by Crippen LogP contribution is -2.29. The van der Waals surface area contributed by atoms with Crippen molar-refractivity contribution >= 4 is 33.9 Å². The van der Waals surface area contributed by atoms with E-state index in [0.29, 0.717) is 22.1 Å². The molecule has 2 heterocycles. The summed E-state index contributed by atoms with van der Waals surface area (Å²) in [6, 6.07) is 8.89. The Labute approximate surface area is 186 Å². The number of methoxy groups -OCH3 is 2. The molecule has 1 N–H and O–H groups in total. The molecule has 4 rings (SSSR count). The van der Waals surface area contributed by atoms with Crippen LogP contribution >= 0.6 is 11.3 Å². The Morgan fingerprint density at radius 2 is 1.75 bits per heavy atom. The number of aromatic nitrogens is 2. The summed E-state index contributed by atoms with van der Waals surface area (Å²) in [5, 5.41) is 19.8. The van der Waals surface area contributed by atoms with Gasteiger partial charge >= 0.3 is 5.91 Å². The van der Waals surface area contributed by atoms with E-state index >= 15 is 0 Å². The van der Waals surface area contributed by atoms with Gasteiger partial charge in [-0.3, -0.25) is 14.5 Å². The molecule has 10 heteroatoms. The van der Waals surface area contributed by atoms with Gasteiger partial charge in [0.05, 0.1) is 25.8 Å². The van der Waals surface area contributed by atoms with Crippen molar-refractivity contribution in [2.75, 3.05) is 19.1 Å². The monoisotopic (exact) mass is 455 g/mol. The largest absolute Gasteiger partial charge is 0.507 e. The van der Waals surface area contributed by atoms with Crippen LogP contribution in [0.1, 0.15) is 22.2 Å². The third-order valence-corrected chi connectivity index (χ3v) is 5.84. The normalized spacial score (nSPS) is 17.6. The fourth-order valence-electron chi connectivity index (χ4n) is 3.51. The third kappa shape index (κ3) is 3.58. The number of amides is 1. The van der Waals surface area contributed by atoms with E-state index in [-0.39, 0.29) is 16.3 Å². The van der Waals surface area contributed by atoms with Gasteiger partial charge in [-0.05, 0) is 48.9 Å². The van der Waals surface area contributed by atoms with E-state index in [1.54, 1.807) is 25.1 Å². The highest BCUT2D eigenvalue weighted by atomic mass is 32.1. The van der Waals surface area contributed by atoms with Crippen molar-refractivity contribution in [1.29, 1.82) is 0 Å². The minimum absolute atomic E-state index is 0.151. The summed E-state index contributed by atoms with van der Waals surface area (Å²) in [5.41, 5.74) is 0.531. The first-order chi connectivity index (χ1) is 15.3. The average molecular weight is 455 g/mol. The number of Topliss-reactive ketones (excluding diaryl/α,β-unsaturated/α-hetero) is 1. The fraction of sp³-hybridized carbons (Fsp3) is 0.182. The van der Waals surface area contributed by atoms with E-state index in [2.05, 4.69) is 10.2 Å². The van der Waals surface area contributed by atoms with Gasteiger partial charge in [-0.25, -0.2) is 4.39 Å². The Bertz CT molecular complexity index is 1240. The van der Waals surface area contributed by atoms with Crippen molar-refractivity contribution < 1.29 is 28.6 Å². The molecule has 3 aromatic rings. The Hall–Kier alpha value is -3.79. The van der Waals surface area contributed by atoms with E-state index < -0.39 is 29.3 Å². The lowest BCUT2D eigenvalue weighted by atomic mass is 9.95. The maximum Gasteiger partial charge on any atom is 0.301 e. The zero-order valence-corrected chi connectivity index (χ0v) is 18.1. The number of ketones is 1. The molecule has 2 aromatic carbocycles. The Morgan fingerprint density at radius 3 is 2.34 bits per heavy atom. The topological polar surface area (TPSA) is 102 Å². The zero-order chi connectivity index (χ0) is 23.0. The van der Waals surface area contributed by atoms with Crippen LogP contribution in [-0.2, 0) is 9.59 Å². The minimum atomic E-state index is -1.01.